The Labute approximate surface area is 94.7 Å². The first-order valence-electron chi connectivity index (χ1n) is 6.28. The van der Waals surface area contributed by atoms with Gasteiger partial charge in [-0.05, 0) is 59.2 Å². The van der Waals surface area contributed by atoms with Gasteiger partial charge in [0.25, 0.3) is 0 Å². The van der Waals surface area contributed by atoms with Crippen molar-refractivity contribution in [2.45, 2.75) is 51.1 Å². The summed E-state index contributed by atoms with van der Waals surface area (Å²) in [6.45, 7) is 8.44. The van der Waals surface area contributed by atoms with Gasteiger partial charge in [-0.1, -0.05) is 6.08 Å². The second-order valence-corrected chi connectivity index (χ2v) is 4.78. The van der Waals surface area contributed by atoms with E-state index in [1.165, 1.54) is 38.8 Å². The molecule has 2 heteroatoms. The predicted molar refractivity (Wildman–Crippen MR) is 67.2 cm³/mol. The highest BCUT2D eigenvalue weighted by molar-refractivity contribution is 4.81. The van der Waals surface area contributed by atoms with E-state index in [1.807, 2.05) is 6.08 Å². The first-order chi connectivity index (χ1) is 7.24. The number of nitrogens with zero attached hydrogens (tertiary/aromatic N) is 1. The molecule has 1 N–H and O–H groups in total. The second-order valence-electron chi connectivity index (χ2n) is 4.78. The Morgan fingerprint density at radius 3 is 2.87 bits per heavy atom. The minimum absolute atomic E-state index is 0.695. The number of rotatable bonds is 9. The molecule has 2 nitrogen and oxygen atoms in total. The van der Waals surface area contributed by atoms with Crippen molar-refractivity contribution in [3.63, 3.8) is 0 Å². The van der Waals surface area contributed by atoms with Gasteiger partial charge in [0, 0.05) is 12.1 Å². The monoisotopic (exact) mass is 210 g/mol. The summed E-state index contributed by atoms with van der Waals surface area (Å²) in [4.78, 5) is 2.46. The fourth-order valence-electron chi connectivity index (χ4n) is 1.71. The SMILES string of the molecule is C=CCCCN(C)C(C)CCNC1CC1. The molecule has 1 rings (SSSR count). The minimum atomic E-state index is 0.695. The van der Waals surface area contributed by atoms with Crippen LogP contribution < -0.4 is 5.32 Å². The van der Waals surface area contributed by atoms with Crippen molar-refractivity contribution >= 4 is 0 Å². The van der Waals surface area contributed by atoms with E-state index in [1.54, 1.807) is 0 Å². The molecule has 0 aromatic carbocycles. The molecule has 1 fully saturated rings. The van der Waals surface area contributed by atoms with Crippen molar-refractivity contribution in [1.29, 1.82) is 0 Å². The number of unbranched alkanes of at least 4 members (excludes halogenated alkanes) is 1. The predicted octanol–water partition coefficient (Wildman–Crippen LogP) is 2.42. The maximum atomic E-state index is 3.75. The quantitative estimate of drug-likeness (QED) is 0.464. The third-order valence-corrected chi connectivity index (χ3v) is 3.24. The van der Waals surface area contributed by atoms with Crippen LogP contribution in [0.1, 0.15) is 39.0 Å². The highest BCUT2D eigenvalue weighted by Crippen LogP contribution is 2.18. The molecule has 0 saturated heterocycles. The molecule has 1 atom stereocenters. The lowest BCUT2D eigenvalue weighted by atomic mass is 10.2. The maximum Gasteiger partial charge on any atom is 0.00759 e. The Hall–Kier alpha value is -0.340. The van der Waals surface area contributed by atoms with Crippen molar-refractivity contribution < 1.29 is 0 Å². The number of nitrogens with one attached hydrogen (secondary N) is 1. The first kappa shape index (κ1) is 12.7. The Morgan fingerprint density at radius 1 is 1.53 bits per heavy atom. The summed E-state index contributed by atoms with van der Waals surface area (Å²) in [5, 5.41) is 3.57. The van der Waals surface area contributed by atoms with E-state index in [-0.39, 0.29) is 0 Å². The van der Waals surface area contributed by atoms with Crippen LogP contribution in [0, 0.1) is 0 Å². The molecule has 0 spiro atoms. The zero-order chi connectivity index (χ0) is 11.1. The number of hydrogen-bond acceptors (Lipinski definition) is 2. The smallest absolute Gasteiger partial charge is 0.00759 e. The van der Waals surface area contributed by atoms with Gasteiger partial charge in [-0.15, -0.1) is 6.58 Å². The molecule has 0 aromatic heterocycles. The molecule has 88 valence electrons. The zero-order valence-corrected chi connectivity index (χ0v) is 10.3. The third kappa shape index (κ3) is 5.95. The van der Waals surface area contributed by atoms with E-state index in [4.69, 9.17) is 0 Å². The molecule has 0 aromatic rings. The van der Waals surface area contributed by atoms with Crippen LogP contribution in [0.4, 0.5) is 0 Å². The molecule has 0 heterocycles. The largest absolute Gasteiger partial charge is 0.314 e. The van der Waals surface area contributed by atoms with E-state index < -0.39 is 0 Å². The van der Waals surface area contributed by atoms with Gasteiger partial charge in [-0.2, -0.15) is 0 Å². The fraction of sp³-hybridized carbons (Fsp3) is 0.846. The van der Waals surface area contributed by atoms with Crippen LogP contribution in [0.25, 0.3) is 0 Å². The summed E-state index contributed by atoms with van der Waals surface area (Å²) in [5.74, 6) is 0. The lowest BCUT2D eigenvalue weighted by Crippen LogP contribution is -2.33. The van der Waals surface area contributed by atoms with Gasteiger partial charge in [0.15, 0.2) is 0 Å². The Bertz CT molecular complexity index is 175. The molecule has 1 aliphatic rings. The molecule has 15 heavy (non-hydrogen) atoms. The van der Waals surface area contributed by atoms with E-state index in [0.29, 0.717) is 6.04 Å². The van der Waals surface area contributed by atoms with Gasteiger partial charge in [0.1, 0.15) is 0 Å². The summed E-state index contributed by atoms with van der Waals surface area (Å²) >= 11 is 0. The Kier molecular flexibility index (Phi) is 5.96. The minimum Gasteiger partial charge on any atom is -0.314 e. The second kappa shape index (κ2) is 7.02. The molecule has 1 unspecified atom stereocenters. The van der Waals surface area contributed by atoms with Crippen molar-refractivity contribution in [2.75, 3.05) is 20.1 Å². The number of hydrogen-bond donors (Lipinski definition) is 1. The van der Waals surface area contributed by atoms with E-state index >= 15 is 0 Å². The van der Waals surface area contributed by atoms with Gasteiger partial charge < -0.3 is 10.2 Å². The van der Waals surface area contributed by atoms with Crippen LogP contribution in [-0.4, -0.2) is 37.1 Å². The highest BCUT2D eigenvalue weighted by atomic mass is 15.1. The molecular weight excluding hydrogens is 184 g/mol. The average molecular weight is 210 g/mol. The molecule has 0 radical (unpaired) electrons. The van der Waals surface area contributed by atoms with Gasteiger partial charge in [0.2, 0.25) is 0 Å². The Balaban J connectivity index is 1.97. The summed E-state index contributed by atoms with van der Waals surface area (Å²) < 4.78 is 0. The van der Waals surface area contributed by atoms with Crippen LogP contribution in [0.2, 0.25) is 0 Å². The van der Waals surface area contributed by atoms with Crippen molar-refractivity contribution in [1.82, 2.24) is 10.2 Å². The van der Waals surface area contributed by atoms with Crippen LogP contribution in [0.5, 0.6) is 0 Å². The Morgan fingerprint density at radius 2 is 2.27 bits per heavy atom. The van der Waals surface area contributed by atoms with Crippen LogP contribution in [0.3, 0.4) is 0 Å². The van der Waals surface area contributed by atoms with E-state index in [0.717, 1.165) is 12.5 Å². The van der Waals surface area contributed by atoms with Crippen LogP contribution >= 0.6 is 0 Å². The molecule has 0 aliphatic heterocycles. The van der Waals surface area contributed by atoms with Crippen molar-refractivity contribution in [3.8, 4) is 0 Å². The fourth-order valence-corrected chi connectivity index (χ4v) is 1.71. The van der Waals surface area contributed by atoms with Crippen LogP contribution in [-0.2, 0) is 0 Å². The lowest BCUT2D eigenvalue weighted by Gasteiger charge is -2.24. The van der Waals surface area contributed by atoms with E-state index in [9.17, 15) is 0 Å². The number of allylic oxidation sites excluding steroid dienone is 1. The normalized spacial score (nSPS) is 18.1. The highest BCUT2D eigenvalue weighted by Gasteiger charge is 2.20. The first-order valence-corrected chi connectivity index (χ1v) is 6.28. The molecule has 1 aliphatic carbocycles. The lowest BCUT2D eigenvalue weighted by molar-refractivity contribution is 0.242. The van der Waals surface area contributed by atoms with Crippen molar-refractivity contribution in [2.24, 2.45) is 0 Å². The summed E-state index contributed by atoms with van der Waals surface area (Å²) in [5.41, 5.74) is 0. The molecule has 0 amide bonds. The maximum absolute atomic E-state index is 3.75. The summed E-state index contributed by atoms with van der Waals surface area (Å²) in [7, 11) is 2.23. The van der Waals surface area contributed by atoms with Crippen LogP contribution in [0.15, 0.2) is 12.7 Å². The summed E-state index contributed by atoms with van der Waals surface area (Å²) in [6, 6.07) is 1.55. The molecular formula is C13H26N2. The van der Waals surface area contributed by atoms with Gasteiger partial charge in [0.05, 0.1) is 0 Å². The topological polar surface area (TPSA) is 15.3 Å². The third-order valence-electron chi connectivity index (χ3n) is 3.24. The van der Waals surface area contributed by atoms with Gasteiger partial charge in [-0.25, -0.2) is 0 Å². The van der Waals surface area contributed by atoms with Gasteiger partial charge >= 0.3 is 0 Å². The van der Waals surface area contributed by atoms with Crippen molar-refractivity contribution in [3.05, 3.63) is 12.7 Å². The standard InChI is InChI=1S/C13H26N2/c1-4-5-6-11-15(3)12(2)9-10-14-13-7-8-13/h4,12-14H,1,5-11H2,2-3H3. The average Bonchev–Trinajstić information content (AvgIpc) is 3.02. The summed E-state index contributed by atoms with van der Waals surface area (Å²) in [6.07, 6.45) is 8.43. The molecule has 0 bridgehead atoms. The zero-order valence-electron chi connectivity index (χ0n) is 10.3. The molecule has 1 saturated carbocycles. The van der Waals surface area contributed by atoms with E-state index in [2.05, 4.69) is 30.8 Å². The van der Waals surface area contributed by atoms with Gasteiger partial charge in [-0.3, -0.25) is 0 Å².